The van der Waals surface area contributed by atoms with Crippen molar-refractivity contribution in [1.29, 1.82) is 0 Å². The Kier molecular flexibility index (Phi) is 7.03. The molecule has 2 aromatic rings. The van der Waals surface area contributed by atoms with E-state index in [1.54, 1.807) is 22.7 Å². The van der Waals surface area contributed by atoms with E-state index in [-0.39, 0.29) is 18.3 Å². The van der Waals surface area contributed by atoms with Crippen molar-refractivity contribution in [2.24, 2.45) is 7.05 Å². The quantitative estimate of drug-likeness (QED) is 0.808. The average molecular weight is 389 g/mol. The summed E-state index contributed by atoms with van der Waals surface area (Å²) in [5.41, 5.74) is 2.08. The number of hydrogen-bond donors (Lipinski definition) is 0. The van der Waals surface area contributed by atoms with Gasteiger partial charge in [0.2, 0.25) is 0 Å². The highest BCUT2D eigenvalue weighted by Gasteiger charge is 2.22. The van der Waals surface area contributed by atoms with Crippen LogP contribution in [0, 0.1) is 5.82 Å². The van der Waals surface area contributed by atoms with Crippen molar-refractivity contribution in [2.75, 3.05) is 26.4 Å². The van der Waals surface area contributed by atoms with E-state index in [0.29, 0.717) is 43.4 Å². The fourth-order valence-corrected chi connectivity index (χ4v) is 3.30. The molecule has 3 rings (SSSR count). The standard InChI is InChI=1S/C21H28FN3O3/c1-3-6-18-14-19(24(2)23-18)21(26)25-9-12-27-10-4-5-11-28-20-8-7-17(22)13-16(20)15-25/h7-8,13-14H,3-6,9-12,15H2,1-2H3. The Bertz CT molecular complexity index is 806. The Morgan fingerprint density at radius 1 is 1.21 bits per heavy atom. The van der Waals surface area contributed by atoms with Crippen molar-refractivity contribution >= 4 is 5.91 Å². The molecule has 1 aromatic carbocycles. The molecule has 0 atom stereocenters. The fourth-order valence-electron chi connectivity index (χ4n) is 3.30. The number of amides is 1. The van der Waals surface area contributed by atoms with Crippen LogP contribution >= 0.6 is 0 Å². The molecular formula is C21H28FN3O3. The molecule has 0 saturated heterocycles. The molecule has 0 unspecified atom stereocenters. The van der Waals surface area contributed by atoms with E-state index >= 15 is 0 Å². The van der Waals surface area contributed by atoms with Gasteiger partial charge in [-0.15, -0.1) is 0 Å². The molecule has 6 nitrogen and oxygen atoms in total. The maximum Gasteiger partial charge on any atom is 0.272 e. The SMILES string of the molecule is CCCc1cc(C(=O)N2CCOCCCCOc3ccc(F)cc3C2)n(C)n1. The highest BCUT2D eigenvalue weighted by Crippen LogP contribution is 2.23. The molecule has 1 aliphatic rings. The van der Waals surface area contributed by atoms with Crippen LogP contribution in [0.25, 0.3) is 0 Å². The van der Waals surface area contributed by atoms with Crippen LogP contribution < -0.4 is 4.74 Å². The second-order valence-electron chi connectivity index (χ2n) is 7.04. The van der Waals surface area contributed by atoms with Crippen molar-refractivity contribution in [3.63, 3.8) is 0 Å². The highest BCUT2D eigenvalue weighted by atomic mass is 19.1. The molecule has 1 amide bonds. The van der Waals surface area contributed by atoms with Gasteiger partial charge in [0.15, 0.2) is 0 Å². The van der Waals surface area contributed by atoms with Crippen LogP contribution in [0.4, 0.5) is 4.39 Å². The van der Waals surface area contributed by atoms with Gasteiger partial charge in [0.1, 0.15) is 17.3 Å². The smallest absolute Gasteiger partial charge is 0.272 e. The lowest BCUT2D eigenvalue weighted by molar-refractivity contribution is 0.0598. The number of ether oxygens (including phenoxy) is 2. The van der Waals surface area contributed by atoms with Crippen molar-refractivity contribution in [3.8, 4) is 5.75 Å². The van der Waals surface area contributed by atoms with Crippen molar-refractivity contribution in [1.82, 2.24) is 14.7 Å². The molecule has 1 aromatic heterocycles. The molecule has 0 spiro atoms. The summed E-state index contributed by atoms with van der Waals surface area (Å²) < 4.78 is 27.0. The third-order valence-electron chi connectivity index (χ3n) is 4.77. The average Bonchev–Trinajstić information content (AvgIpc) is 3.03. The van der Waals surface area contributed by atoms with Gasteiger partial charge in [-0.2, -0.15) is 5.10 Å². The van der Waals surface area contributed by atoms with E-state index in [2.05, 4.69) is 12.0 Å². The maximum atomic E-state index is 13.9. The number of halogens is 1. The Morgan fingerprint density at radius 3 is 2.86 bits per heavy atom. The zero-order chi connectivity index (χ0) is 19.9. The molecule has 0 bridgehead atoms. The first-order chi connectivity index (χ1) is 13.6. The number of carbonyl (C=O) groups is 1. The third kappa shape index (κ3) is 5.10. The molecular weight excluding hydrogens is 361 g/mol. The zero-order valence-electron chi connectivity index (χ0n) is 16.6. The summed E-state index contributed by atoms with van der Waals surface area (Å²) in [6.07, 6.45) is 3.54. The number of rotatable bonds is 3. The minimum atomic E-state index is -0.344. The molecule has 0 aliphatic carbocycles. The first kappa shape index (κ1) is 20.3. The second kappa shape index (κ2) is 9.68. The molecule has 0 N–H and O–H groups in total. The summed E-state index contributed by atoms with van der Waals surface area (Å²) in [6, 6.07) is 6.30. The maximum absolute atomic E-state index is 13.9. The Morgan fingerprint density at radius 2 is 2.04 bits per heavy atom. The summed E-state index contributed by atoms with van der Waals surface area (Å²) in [4.78, 5) is 14.9. The number of benzene rings is 1. The van der Waals surface area contributed by atoms with Crippen molar-refractivity contribution < 1.29 is 18.7 Å². The number of fused-ring (bicyclic) bond motifs is 1. The van der Waals surface area contributed by atoms with Crippen molar-refractivity contribution in [3.05, 3.63) is 47.0 Å². The van der Waals surface area contributed by atoms with Crippen LogP contribution in [0.2, 0.25) is 0 Å². The van der Waals surface area contributed by atoms with Gasteiger partial charge >= 0.3 is 0 Å². The van der Waals surface area contributed by atoms with Crippen LogP contribution in [-0.4, -0.2) is 47.0 Å². The first-order valence-electron chi connectivity index (χ1n) is 9.89. The predicted molar refractivity (Wildman–Crippen MR) is 104 cm³/mol. The monoisotopic (exact) mass is 389 g/mol. The van der Waals surface area contributed by atoms with Crippen LogP contribution in [0.15, 0.2) is 24.3 Å². The highest BCUT2D eigenvalue weighted by molar-refractivity contribution is 5.92. The van der Waals surface area contributed by atoms with Crippen LogP contribution in [0.3, 0.4) is 0 Å². The molecule has 7 heteroatoms. The topological polar surface area (TPSA) is 56.6 Å². The number of aromatic nitrogens is 2. The van der Waals surface area contributed by atoms with Crippen LogP contribution in [-0.2, 0) is 24.8 Å². The van der Waals surface area contributed by atoms with E-state index < -0.39 is 0 Å². The number of carbonyl (C=O) groups excluding carboxylic acids is 1. The molecule has 0 fully saturated rings. The van der Waals surface area contributed by atoms with Crippen LogP contribution in [0.5, 0.6) is 5.75 Å². The number of nitrogens with zero attached hydrogens (tertiary/aromatic N) is 3. The molecule has 2 heterocycles. The van der Waals surface area contributed by atoms with Gasteiger partial charge in [0.05, 0.1) is 18.9 Å². The zero-order valence-corrected chi connectivity index (χ0v) is 16.6. The second-order valence-corrected chi connectivity index (χ2v) is 7.04. The molecule has 28 heavy (non-hydrogen) atoms. The van der Waals surface area contributed by atoms with Gasteiger partial charge in [-0.3, -0.25) is 9.48 Å². The summed E-state index contributed by atoms with van der Waals surface area (Å²) in [5.74, 6) is 0.134. The fraction of sp³-hybridized carbons (Fsp3) is 0.524. The Labute approximate surface area is 165 Å². The lowest BCUT2D eigenvalue weighted by atomic mass is 10.1. The van der Waals surface area contributed by atoms with Gasteiger partial charge in [0, 0.05) is 32.3 Å². The lowest BCUT2D eigenvalue weighted by Crippen LogP contribution is -2.35. The number of aryl methyl sites for hydroxylation is 2. The van der Waals surface area contributed by atoms with Crippen molar-refractivity contribution in [2.45, 2.75) is 39.2 Å². The number of hydrogen-bond acceptors (Lipinski definition) is 4. The van der Waals surface area contributed by atoms with E-state index in [0.717, 1.165) is 31.4 Å². The van der Waals surface area contributed by atoms with E-state index in [1.807, 2.05) is 6.07 Å². The third-order valence-corrected chi connectivity index (χ3v) is 4.77. The largest absolute Gasteiger partial charge is 0.493 e. The first-order valence-corrected chi connectivity index (χ1v) is 9.89. The van der Waals surface area contributed by atoms with Gasteiger partial charge in [-0.1, -0.05) is 13.3 Å². The van der Waals surface area contributed by atoms with Gasteiger partial charge in [0.25, 0.3) is 5.91 Å². The lowest BCUT2D eigenvalue weighted by Gasteiger charge is -2.24. The summed E-state index contributed by atoms with van der Waals surface area (Å²) in [5, 5.41) is 4.43. The Balaban J connectivity index is 1.88. The predicted octanol–water partition coefficient (Wildman–Crippen LogP) is 3.34. The minimum Gasteiger partial charge on any atom is -0.493 e. The van der Waals surface area contributed by atoms with E-state index in [9.17, 15) is 9.18 Å². The summed E-state index contributed by atoms with van der Waals surface area (Å²) in [6.45, 7) is 4.37. The van der Waals surface area contributed by atoms with Gasteiger partial charge in [-0.25, -0.2) is 4.39 Å². The summed E-state index contributed by atoms with van der Waals surface area (Å²) in [7, 11) is 1.77. The molecule has 0 saturated carbocycles. The van der Waals surface area contributed by atoms with Gasteiger partial charge in [-0.05, 0) is 43.5 Å². The normalized spacial score (nSPS) is 15.9. The minimum absolute atomic E-state index is 0.145. The van der Waals surface area contributed by atoms with Gasteiger partial charge < -0.3 is 14.4 Å². The van der Waals surface area contributed by atoms with E-state index in [1.165, 1.54) is 12.1 Å². The molecule has 0 radical (unpaired) electrons. The van der Waals surface area contributed by atoms with Crippen LogP contribution in [0.1, 0.15) is 47.9 Å². The molecule has 152 valence electrons. The molecule has 1 aliphatic heterocycles. The van der Waals surface area contributed by atoms with E-state index in [4.69, 9.17) is 9.47 Å². The summed E-state index contributed by atoms with van der Waals surface area (Å²) >= 11 is 0. The Hall–Kier alpha value is -2.41.